The number of hydrogen-bond acceptors (Lipinski definition) is 7. The van der Waals surface area contributed by atoms with E-state index >= 15 is 0 Å². The Morgan fingerprint density at radius 3 is 1.70 bits per heavy atom. The quantitative estimate of drug-likeness (QED) is 0.125. The summed E-state index contributed by atoms with van der Waals surface area (Å²) in [5.74, 6) is -1.80. The molecule has 0 radical (unpaired) electrons. The minimum absolute atomic E-state index is 0.0302. The first-order chi connectivity index (χ1) is 19.1. The molecule has 0 aromatic heterocycles. The molecule has 0 N–H and O–H groups in total. The molecule has 7 nitrogen and oxygen atoms in total. The molecule has 0 atom stereocenters. The van der Waals surface area contributed by atoms with E-state index in [2.05, 4.69) is 72.2 Å². The third-order valence-electron chi connectivity index (χ3n) is 4.35. The summed E-state index contributed by atoms with van der Waals surface area (Å²) in [7, 11) is 0. The zero-order valence-corrected chi connectivity index (χ0v) is 21.8. The van der Waals surface area contributed by atoms with Crippen LogP contribution in [0.5, 0.6) is 11.5 Å². The first-order valence-corrected chi connectivity index (χ1v) is 11.3. The highest BCUT2D eigenvalue weighted by Gasteiger charge is 2.14. The maximum absolute atomic E-state index is 12.7. The van der Waals surface area contributed by atoms with E-state index in [1.54, 1.807) is 12.1 Å². The summed E-state index contributed by atoms with van der Waals surface area (Å²) in [6, 6.07) is 12.0. The van der Waals surface area contributed by atoms with Crippen LogP contribution in [0.4, 0.5) is 0 Å². The predicted molar refractivity (Wildman–Crippen MR) is 147 cm³/mol. The molecular formula is C33H22O7. The summed E-state index contributed by atoms with van der Waals surface area (Å²) in [6.45, 7) is 16.7. The van der Waals surface area contributed by atoms with E-state index in [1.807, 2.05) is 0 Å². The van der Waals surface area contributed by atoms with Gasteiger partial charge in [-0.3, -0.25) is 0 Å². The molecule has 196 valence electrons. The second kappa shape index (κ2) is 15.2. The van der Waals surface area contributed by atoms with Crippen LogP contribution in [0.15, 0.2) is 138 Å². The van der Waals surface area contributed by atoms with Crippen molar-refractivity contribution in [2.75, 3.05) is 0 Å². The van der Waals surface area contributed by atoms with Gasteiger partial charge in [-0.05, 0) is 104 Å². The van der Waals surface area contributed by atoms with Crippen molar-refractivity contribution in [1.82, 2.24) is 0 Å². The summed E-state index contributed by atoms with van der Waals surface area (Å²) in [5, 5.41) is 0. The van der Waals surface area contributed by atoms with E-state index in [4.69, 9.17) is 18.9 Å². The molecule has 0 saturated heterocycles. The summed E-state index contributed by atoms with van der Waals surface area (Å²) in [6.07, 6.45) is 0. The molecule has 0 amide bonds. The second-order valence-corrected chi connectivity index (χ2v) is 7.60. The van der Waals surface area contributed by atoms with E-state index in [1.165, 1.54) is 50.2 Å². The van der Waals surface area contributed by atoms with Crippen LogP contribution in [0.3, 0.4) is 0 Å². The van der Waals surface area contributed by atoms with E-state index in [9.17, 15) is 14.4 Å². The van der Waals surface area contributed by atoms with Gasteiger partial charge < -0.3 is 18.9 Å². The van der Waals surface area contributed by atoms with Crippen molar-refractivity contribution in [3.05, 3.63) is 149 Å². The smallest absolute Gasteiger partial charge is 0.350 e. The van der Waals surface area contributed by atoms with Gasteiger partial charge in [-0.2, -0.15) is 0 Å². The number of carbonyl (C=O) groups excluding carboxylic acids is 3. The lowest BCUT2D eigenvalue weighted by atomic mass is 10.1. The molecule has 0 bridgehead atoms. The fraction of sp³-hybridized carbons (Fsp3) is 0.0606. The molecule has 0 saturated carbocycles. The SMILES string of the molecule is C=C=C=C=C=C=C(OC(=O)C(=C)C)c1ccc(C(=O)Oc2ccc(OC(=C=C=C=C)OC(=O)C(=C)C)cc2)cc1. The van der Waals surface area contributed by atoms with Crippen LogP contribution in [0.2, 0.25) is 0 Å². The van der Waals surface area contributed by atoms with Crippen LogP contribution in [0.25, 0.3) is 5.76 Å². The Morgan fingerprint density at radius 1 is 0.625 bits per heavy atom. The van der Waals surface area contributed by atoms with Gasteiger partial charge in [0.1, 0.15) is 11.5 Å². The van der Waals surface area contributed by atoms with Gasteiger partial charge in [0.25, 0.3) is 0 Å². The van der Waals surface area contributed by atoms with Crippen LogP contribution in [-0.2, 0) is 19.1 Å². The molecule has 2 aromatic rings. The maximum Gasteiger partial charge on any atom is 0.350 e. The van der Waals surface area contributed by atoms with Gasteiger partial charge in [0.05, 0.1) is 5.56 Å². The third-order valence-corrected chi connectivity index (χ3v) is 4.35. The fourth-order valence-electron chi connectivity index (χ4n) is 2.44. The molecule has 0 spiro atoms. The van der Waals surface area contributed by atoms with E-state index in [0.29, 0.717) is 5.56 Å². The van der Waals surface area contributed by atoms with Crippen molar-refractivity contribution in [2.24, 2.45) is 0 Å². The monoisotopic (exact) mass is 530 g/mol. The lowest BCUT2D eigenvalue weighted by Gasteiger charge is -2.09. The fourth-order valence-corrected chi connectivity index (χ4v) is 2.44. The van der Waals surface area contributed by atoms with Gasteiger partial charge in [-0.25, -0.2) is 14.4 Å². The minimum Gasteiger partial charge on any atom is -0.423 e. The van der Waals surface area contributed by atoms with Gasteiger partial charge in [-0.1, -0.05) is 24.6 Å². The summed E-state index contributed by atoms with van der Waals surface area (Å²) >= 11 is 0. The lowest BCUT2D eigenvalue weighted by molar-refractivity contribution is -0.138. The topological polar surface area (TPSA) is 88.1 Å². The molecule has 0 aliphatic carbocycles. The van der Waals surface area contributed by atoms with Crippen molar-refractivity contribution in [3.63, 3.8) is 0 Å². The predicted octanol–water partition coefficient (Wildman–Crippen LogP) is 6.21. The summed E-state index contributed by atoms with van der Waals surface area (Å²) in [4.78, 5) is 36.5. The number of rotatable bonds is 9. The number of esters is 3. The first kappa shape index (κ1) is 30.1. The van der Waals surface area contributed by atoms with Crippen molar-refractivity contribution >= 4 is 23.7 Å². The Labute approximate surface area is 231 Å². The number of carbonyl (C=O) groups is 3. The summed E-state index contributed by atoms with van der Waals surface area (Å²) in [5.41, 5.74) is 20.7. The standard InChI is InChI=1S/C33H22O7/c1-7-9-11-12-13-29(39-31(34)23(3)4)25-15-17-26(18-16-25)33(36)38-28-21-19-27(20-22-28)37-30(14-10-8-2)40-32(35)24(5)6/h15-22H,1-3,5H2,4,6H3. The Balaban J connectivity index is 2.21. The molecule has 2 rings (SSSR count). The molecule has 2 aromatic carbocycles. The second-order valence-electron chi connectivity index (χ2n) is 7.60. The normalized spacial score (nSPS) is 8.65. The van der Waals surface area contributed by atoms with Gasteiger partial charge >= 0.3 is 23.9 Å². The Morgan fingerprint density at radius 2 is 1.15 bits per heavy atom. The molecule has 7 heteroatoms. The van der Waals surface area contributed by atoms with Crippen LogP contribution in [0, 0.1) is 0 Å². The van der Waals surface area contributed by atoms with Crippen LogP contribution in [0.1, 0.15) is 29.8 Å². The number of ether oxygens (including phenoxy) is 4. The highest BCUT2D eigenvalue weighted by molar-refractivity contribution is 5.93. The van der Waals surface area contributed by atoms with Crippen molar-refractivity contribution in [1.29, 1.82) is 0 Å². The third kappa shape index (κ3) is 9.72. The molecule has 0 fully saturated rings. The molecule has 0 aliphatic heterocycles. The molecular weight excluding hydrogens is 508 g/mol. The van der Waals surface area contributed by atoms with Crippen LogP contribution < -0.4 is 9.47 Å². The maximum atomic E-state index is 12.7. The van der Waals surface area contributed by atoms with Crippen LogP contribution in [-0.4, -0.2) is 17.9 Å². The Hall–Kier alpha value is -6.15. The molecule has 40 heavy (non-hydrogen) atoms. The van der Waals surface area contributed by atoms with Gasteiger partial charge in [0.15, 0.2) is 5.76 Å². The average molecular weight is 531 g/mol. The molecule has 0 unspecified atom stereocenters. The zero-order valence-electron chi connectivity index (χ0n) is 21.8. The average Bonchev–Trinajstić information content (AvgIpc) is 2.94. The highest BCUT2D eigenvalue weighted by atomic mass is 16.7. The molecule has 0 aliphatic rings. The zero-order chi connectivity index (χ0) is 29.5. The highest BCUT2D eigenvalue weighted by Crippen LogP contribution is 2.22. The van der Waals surface area contributed by atoms with E-state index < -0.39 is 17.9 Å². The van der Waals surface area contributed by atoms with Crippen molar-refractivity contribution in [2.45, 2.75) is 13.8 Å². The lowest BCUT2D eigenvalue weighted by Crippen LogP contribution is -2.09. The minimum atomic E-state index is -0.712. The van der Waals surface area contributed by atoms with Crippen LogP contribution >= 0.6 is 0 Å². The van der Waals surface area contributed by atoms with E-state index in [-0.39, 0.29) is 39.9 Å². The number of hydrogen-bond donors (Lipinski definition) is 0. The van der Waals surface area contributed by atoms with Crippen molar-refractivity contribution in [3.8, 4) is 11.5 Å². The largest absolute Gasteiger partial charge is 0.423 e. The number of benzene rings is 2. The summed E-state index contributed by atoms with van der Waals surface area (Å²) < 4.78 is 21.2. The first-order valence-electron chi connectivity index (χ1n) is 11.3. The van der Waals surface area contributed by atoms with Gasteiger partial charge in [0, 0.05) is 22.4 Å². The van der Waals surface area contributed by atoms with E-state index in [0.717, 1.165) is 0 Å². The molecule has 0 heterocycles. The van der Waals surface area contributed by atoms with Gasteiger partial charge in [-0.15, -0.1) is 0 Å². The van der Waals surface area contributed by atoms with Crippen molar-refractivity contribution < 1.29 is 33.3 Å². The Kier molecular flexibility index (Phi) is 11.4. The van der Waals surface area contributed by atoms with Gasteiger partial charge in [0.2, 0.25) is 0 Å². The Bertz CT molecular complexity index is 1690.